The molecule has 0 atom stereocenters. The molecule has 0 saturated heterocycles. The molecule has 0 aliphatic heterocycles. The van der Waals surface area contributed by atoms with E-state index in [2.05, 4.69) is 10.3 Å². The fraction of sp³-hybridized carbons (Fsp3) is 0.455. The lowest BCUT2D eigenvalue weighted by molar-refractivity contribution is 0.0696. The van der Waals surface area contributed by atoms with Gasteiger partial charge in [-0.3, -0.25) is 0 Å². The Kier molecular flexibility index (Phi) is 4.89. The first kappa shape index (κ1) is 14.7. The number of aliphatic hydroxyl groups excluding tert-OH is 2. The highest BCUT2D eigenvalue weighted by molar-refractivity contribution is 6.29. The number of nitrogens with zero attached hydrogens (tertiary/aromatic N) is 1. The molecule has 100 valence electrons. The summed E-state index contributed by atoms with van der Waals surface area (Å²) in [6.07, 6.45) is 0.396. The van der Waals surface area contributed by atoms with Gasteiger partial charge in [-0.1, -0.05) is 18.5 Å². The minimum Gasteiger partial charge on any atom is -0.478 e. The SMILES string of the molecule is CCC(CO)(CO)Nc1nc(Cl)ccc1C(=O)O. The van der Waals surface area contributed by atoms with Gasteiger partial charge in [0.2, 0.25) is 0 Å². The Balaban J connectivity index is 3.16. The number of carbonyl (C=O) groups is 1. The van der Waals surface area contributed by atoms with E-state index in [0.29, 0.717) is 6.42 Å². The van der Waals surface area contributed by atoms with Gasteiger partial charge in [0.05, 0.1) is 18.8 Å². The van der Waals surface area contributed by atoms with Crippen LogP contribution in [0.4, 0.5) is 5.82 Å². The summed E-state index contributed by atoms with van der Waals surface area (Å²) in [4.78, 5) is 14.9. The van der Waals surface area contributed by atoms with Crippen LogP contribution in [-0.2, 0) is 0 Å². The van der Waals surface area contributed by atoms with Crippen molar-refractivity contribution in [3.8, 4) is 0 Å². The van der Waals surface area contributed by atoms with Crippen LogP contribution in [0, 0.1) is 0 Å². The zero-order chi connectivity index (χ0) is 13.8. The van der Waals surface area contributed by atoms with Crippen LogP contribution in [-0.4, -0.2) is 45.0 Å². The van der Waals surface area contributed by atoms with E-state index >= 15 is 0 Å². The van der Waals surface area contributed by atoms with E-state index in [1.165, 1.54) is 12.1 Å². The average Bonchev–Trinajstić information content (AvgIpc) is 2.36. The van der Waals surface area contributed by atoms with Crippen LogP contribution in [0.3, 0.4) is 0 Å². The zero-order valence-corrected chi connectivity index (χ0v) is 10.6. The van der Waals surface area contributed by atoms with Crippen molar-refractivity contribution in [2.45, 2.75) is 18.9 Å². The van der Waals surface area contributed by atoms with Crippen LogP contribution in [0.15, 0.2) is 12.1 Å². The third kappa shape index (κ3) is 3.10. The fourth-order valence-electron chi connectivity index (χ4n) is 1.40. The van der Waals surface area contributed by atoms with Crippen molar-refractivity contribution in [2.24, 2.45) is 0 Å². The molecule has 0 saturated carbocycles. The van der Waals surface area contributed by atoms with Crippen molar-refractivity contribution in [3.05, 3.63) is 22.8 Å². The number of nitrogens with one attached hydrogen (secondary N) is 1. The fourth-order valence-corrected chi connectivity index (χ4v) is 1.54. The van der Waals surface area contributed by atoms with Gasteiger partial charge in [-0.25, -0.2) is 9.78 Å². The molecule has 0 aromatic carbocycles. The van der Waals surface area contributed by atoms with E-state index in [-0.39, 0.29) is 29.7 Å². The highest BCUT2D eigenvalue weighted by Gasteiger charge is 2.28. The van der Waals surface area contributed by atoms with Crippen LogP contribution in [0.25, 0.3) is 0 Å². The van der Waals surface area contributed by atoms with Gasteiger partial charge >= 0.3 is 5.97 Å². The second kappa shape index (κ2) is 5.99. The summed E-state index contributed by atoms with van der Waals surface area (Å²) in [6, 6.07) is 2.68. The summed E-state index contributed by atoms with van der Waals surface area (Å²) in [5, 5.41) is 30.5. The zero-order valence-electron chi connectivity index (χ0n) is 9.85. The maximum Gasteiger partial charge on any atom is 0.339 e. The van der Waals surface area contributed by atoms with E-state index in [1.54, 1.807) is 6.92 Å². The number of aliphatic hydroxyl groups is 2. The maximum absolute atomic E-state index is 11.0. The van der Waals surface area contributed by atoms with Crippen LogP contribution in [0.2, 0.25) is 5.15 Å². The molecule has 6 nitrogen and oxygen atoms in total. The van der Waals surface area contributed by atoms with Gasteiger partial charge in [-0.05, 0) is 18.6 Å². The molecule has 0 aliphatic rings. The Bertz CT molecular complexity index is 427. The molecule has 0 fully saturated rings. The Morgan fingerprint density at radius 3 is 2.50 bits per heavy atom. The average molecular weight is 275 g/mol. The standard InChI is InChI=1S/C11H15ClN2O4/c1-2-11(5-15,6-16)14-9-7(10(17)18)3-4-8(12)13-9/h3-4,15-16H,2,5-6H2,1H3,(H,13,14)(H,17,18). The molecule has 1 aromatic heterocycles. The summed E-state index contributed by atoms with van der Waals surface area (Å²) in [5.41, 5.74) is -1.10. The molecule has 0 bridgehead atoms. The van der Waals surface area contributed by atoms with Gasteiger partial charge in [0, 0.05) is 0 Å². The molecule has 0 unspecified atom stereocenters. The first-order valence-electron chi connectivity index (χ1n) is 5.37. The molecule has 4 N–H and O–H groups in total. The Hall–Kier alpha value is -1.37. The molecule has 1 heterocycles. The number of carboxylic acids is 1. The number of hydrogen-bond donors (Lipinski definition) is 4. The maximum atomic E-state index is 11.0. The minimum atomic E-state index is -1.16. The predicted octanol–water partition coefficient (Wildman–Crippen LogP) is 0.979. The molecule has 7 heteroatoms. The molecule has 0 radical (unpaired) electrons. The molecule has 1 aromatic rings. The van der Waals surface area contributed by atoms with E-state index in [0.717, 1.165) is 0 Å². The molecular formula is C11H15ClN2O4. The molecule has 0 spiro atoms. The van der Waals surface area contributed by atoms with Crippen LogP contribution >= 0.6 is 11.6 Å². The lowest BCUT2D eigenvalue weighted by Gasteiger charge is -2.30. The number of carboxylic acid groups (broad SMARTS) is 1. The predicted molar refractivity (Wildman–Crippen MR) is 67.0 cm³/mol. The van der Waals surface area contributed by atoms with Gasteiger partial charge in [-0.2, -0.15) is 0 Å². The number of halogens is 1. The second-order valence-corrected chi connectivity index (χ2v) is 4.30. The molecule has 0 aliphatic carbocycles. The first-order valence-corrected chi connectivity index (χ1v) is 5.75. The summed E-state index contributed by atoms with van der Waals surface area (Å²) in [7, 11) is 0. The smallest absolute Gasteiger partial charge is 0.339 e. The third-order valence-corrected chi connectivity index (χ3v) is 2.97. The largest absolute Gasteiger partial charge is 0.478 e. The van der Waals surface area contributed by atoms with Crippen LogP contribution < -0.4 is 5.32 Å². The highest BCUT2D eigenvalue weighted by Crippen LogP contribution is 2.22. The van der Waals surface area contributed by atoms with Crippen molar-refractivity contribution in [1.82, 2.24) is 4.98 Å². The van der Waals surface area contributed by atoms with Gasteiger partial charge in [0.1, 0.15) is 16.5 Å². The molecule has 0 amide bonds. The topological polar surface area (TPSA) is 103 Å². The summed E-state index contributed by atoms with van der Waals surface area (Å²) in [5.74, 6) is -1.14. The lowest BCUT2D eigenvalue weighted by atomic mass is 9.98. The summed E-state index contributed by atoms with van der Waals surface area (Å²) >= 11 is 5.71. The Morgan fingerprint density at radius 1 is 1.44 bits per heavy atom. The van der Waals surface area contributed by atoms with Gasteiger partial charge in [-0.15, -0.1) is 0 Å². The Labute approximate surface area is 109 Å². The number of rotatable bonds is 6. The normalized spacial score (nSPS) is 11.3. The van der Waals surface area contributed by atoms with Crippen LogP contribution in [0.5, 0.6) is 0 Å². The number of pyridine rings is 1. The third-order valence-electron chi connectivity index (χ3n) is 2.76. The summed E-state index contributed by atoms with van der Waals surface area (Å²) < 4.78 is 0. The van der Waals surface area contributed by atoms with Crippen molar-refractivity contribution in [2.75, 3.05) is 18.5 Å². The van der Waals surface area contributed by atoms with E-state index in [9.17, 15) is 15.0 Å². The minimum absolute atomic E-state index is 0.0277. The van der Waals surface area contributed by atoms with E-state index < -0.39 is 11.5 Å². The lowest BCUT2D eigenvalue weighted by Crippen LogP contribution is -2.45. The van der Waals surface area contributed by atoms with Crippen molar-refractivity contribution >= 4 is 23.4 Å². The molecule has 18 heavy (non-hydrogen) atoms. The number of aromatic carboxylic acids is 1. The van der Waals surface area contributed by atoms with Crippen LogP contribution in [0.1, 0.15) is 23.7 Å². The van der Waals surface area contributed by atoms with Crippen molar-refractivity contribution in [3.63, 3.8) is 0 Å². The summed E-state index contributed by atoms with van der Waals surface area (Å²) in [6.45, 7) is 1.05. The molecular weight excluding hydrogens is 260 g/mol. The number of anilines is 1. The van der Waals surface area contributed by atoms with Gasteiger partial charge in [0.15, 0.2) is 0 Å². The van der Waals surface area contributed by atoms with Gasteiger partial charge in [0.25, 0.3) is 0 Å². The Morgan fingerprint density at radius 2 is 2.06 bits per heavy atom. The quantitative estimate of drug-likeness (QED) is 0.577. The number of aromatic nitrogens is 1. The number of hydrogen-bond acceptors (Lipinski definition) is 5. The van der Waals surface area contributed by atoms with E-state index in [1.807, 2.05) is 0 Å². The van der Waals surface area contributed by atoms with E-state index in [4.69, 9.17) is 16.7 Å². The highest BCUT2D eigenvalue weighted by atomic mass is 35.5. The van der Waals surface area contributed by atoms with Crippen molar-refractivity contribution < 1.29 is 20.1 Å². The van der Waals surface area contributed by atoms with Gasteiger partial charge < -0.3 is 20.6 Å². The molecule has 1 rings (SSSR count). The monoisotopic (exact) mass is 274 g/mol. The van der Waals surface area contributed by atoms with Crippen molar-refractivity contribution in [1.29, 1.82) is 0 Å². The first-order chi connectivity index (χ1) is 8.48. The second-order valence-electron chi connectivity index (χ2n) is 3.91.